The van der Waals surface area contributed by atoms with Crippen molar-refractivity contribution in [1.29, 1.82) is 0 Å². The van der Waals surface area contributed by atoms with E-state index in [-0.39, 0.29) is 23.8 Å². The van der Waals surface area contributed by atoms with E-state index >= 15 is 0 Å². The molecule has 2 atom stereocenters. The van der Waals surface area contributed by atoms with E-state index in [4.69, 9.17) is 4.74 Å². The van der Waals surface area contributed by atoms with Gasteiger partial charge in [-0.05, 0) is 43.5 Å². The third kappa shape index (κ3) is 4.39. The molecule has 27 heavy (non-hydrogen) atoms. The average Bonchev–Trinajstić information content (AvgIpc) is 2.95. The molecule has 0 aliphatic carbocycles. The lowest BCUT2D eigenvalue weighted by molar-refractivity contribution is 0.0260. The summed E-state index contributed by atoms with van der Waals surface area (Å²) in [7, 11) is 1.72. The van der Waals surface area contributed by atoms with Crippen molar-refractivity contribution in [2.75, 3.05) is 6.54 Å². The number of carbonyl (C=O) groups excluding carboxylic acids is 1. The standard InChI is InChI=1S/C21H26N2O4/c1-14(23-13-18(27-20(23)25)12-21(2,3)26)15-5-7-16(8-6-15)17-9-10-22(4)19(24)11-17/h5-11,14,18,26H,12-13H2,1-4H3. The average molecular weight is 370 g/mol. The summed E-state index contributed by atoms with van der Waals surface area (Å²) in [5.74, 6) is 0. The summed E-state index contributed by atoms with van der Waals surface area (Å²) >= 11 is 0. The molecule has 2 unspecified atom stereocenters. The highest BCUT2D eigenvalue weighted by molar-refractivity contribution is 5.71. The Labute approximate surface area is 159 Å². The lowest BCUT2D eigenvalue weighted by atomic mass is 9.99. The first kappa shape index (κ1) is 19.2. The predicted molar refractivity (Wildman–Crippen MR) is 103 cm³/mol. The van der Waals surface area contributed by atoms with Crippen LogP contribution in [0.25, 0.3) is 11.1 Å². The van der Waals surface area contributed by atoms with Crippen molar-refractivity contribution in [3.63, 3.8) is 0 Å². The number of rotatable bonds is 5. The van der Waals surface area contributed by atoms with E-state index in [0.717, 1.165) is 16.7 Å². The van der Waals surface area contributed by atoms with Gasteiger partial charge < -0.3 is 14.4 Å². The number of carbonyl (C=O) groups is 1. The van der Waals surface area contributed by atoms with Crippen molar-refractivity contribution >= 4 is 6.09 Å². The number of hydrogen-bond acceptors (Lipinski definition) is 4. The molecule has 1 fully saturated rings. The third-order valence-corrected chi connectivity index (χ3v) is 4.93. The van der Waals surface area contributed by atoms with Crippen molar-refractivity contribution in [2.45, 2.75) is 44.9 Å². The number of nitrogens with zero attached hydrogens (tertiary/aromatic N) is 2. The molecule has 1 saturated heterocycles. The Bertz CT molecular complexity index is 880. The molecule has 0 radical (unpaired) electrons. The summed E-state index contributed by atoms with van der Waals surface area (Å²) in [5.41, 5.74) is 1.88. The Kier molecular flexibility index (Phi) is 5.11. The molecule has 1 N–H and O–H groups in total. The number of pyridine rings is 1. The zero-order valence-corrected chi connectivity index (χ0v) is 16.2. The van der Waals surface area contributed by atoms with Gasteiger partial charge in [-0.25, -0.2) is 4.79 Å². The molecule has 144 valence electrons. The molecule has 1 aromatic heterocycles. The van der Waals surface area contributed by atoms with Crippen LogP contribution in [0.15, 0.2) is 47.4 Å². The molecule has 0 saturated carbocycles. The molecule has 2 aromatic rings. The first-order valence-corrected chi connectivity index (χ1v) is 9.11. The summed E-state index contributed by atoms with van der Waals surface area (Å²) in [5, 5.41) is 9.95. The van der Waals surface area contributed by atoms with E-state index in [1.165, 1.54) is 4.57 Å². The SMILES string of the molecule is CC(c1ccc(-c2ccn(C)c(=O)c2)cc1)N1CC(CC(C)(C)O)OC1=O. The second-order valence-corrected chi connectivity index (χ2v) is 7.84. The van der Waals surface area contributed by atoms with Gasteiger partial charge in [0.25, 0.3) is 5.56 Å². The fourth-order valence-electron chi connectivity index (χ4n) is 3.38. The lowest BCUT2D eigenvalue weighted by Crippen LogP contribution is -2.31. The molecule has 6 nitrogen and oxygen atoms in total. The number of aromatic nitrogens is 1. The van der Waals surface area contributed by atoms with E-state index < -0.39 is 5.60 Å². The van der Waals surface area contributed by atoms with Gasteiger partial charge in [0, 0.05) is 25.7 Å². The molecule has 0 bridgehead atoms. The van der Waals surface area contributed by atoms with Crippen LogP contribution in [0.5, 0.6) is 0 Å². The van der Waals surface area contributed by atoms with Gasteiger partial charge in [-0.1, -0.05) is 24.3 Å². The van der Waals surface area contributed by atoms with Crippen molar-refractivity contribution in [1.82, 2.24) is 9.47 Å². The molecular formula is C21H26N2O4. The number of cyclic esters (lactones) is 1. The van der Waals surface area contributed by atoms with Crippen LogP contribution in [0.1, 0.15) is 38.8 Å². The molecule has 0 spiro atoms. The zero-order valence-electron chi connectivity index (χ0n) is 16.2. The number of amides is 1. The fourth-order valence-corrected chi connectivity index (χ4v) is 3.38. The maximum absolute atomic E-state index is 12.2. The molecule has 6 heteroatoms. The molecular weight excluding hydrogens is 344 g/mol. The lowest BCUT2D eigenvalue weighted by Gasteiger charge is -2.23. The van der Waals surface area contributed by atoms with Crippen LogP contribution >= 0.6 is 0 Å². The van der Waals surface area contributed by atoms with Gasteiger partial charge in [-0.2, -0.15) is 0 Å². The molecule has 2 heterocycles. The molecule has 1 aliphatic rings. The van der Waals surface area contributed by atoms with Gasteiger partial charge in [-0.15, -0.1) is 0 Å². The van der Waals surface area contributed by atoms with Gasteiger partial charge >= 0.3 is 6.09 Å². The van der Waals surface area contributed by atoms with Crippen LogP contribution in [0.3, 0.4) is 0 Å². The Hall–Kier alpha value is -2.60. The molecule has 1 aliphatic heterocycles. The topological polar surface area (TPSA) is 71.8 Å². The molecule has 1 amide bonds. The van der Waals surface area contributed by atoms with E-state index in [0.29, 0.717) is 13.0 Å². The van der Waals surface area contributed by atoms with Crippen molar-refractivity contribution in [2.24, 2.45) is 7.05 Å². The first-order chi connectivity index (χ1) is 12.6. The number of hydrogen-bond donors (Lipinski definition) is 1. The van der Waals surface area contributed by atoms with Crippen molar-refractivity contribution in [3.05, 3.63) is 58.5 Å². The van der Waals surface area contributed by atoms with Crippen LogP contribution in [0, 0.1) is 0 Å². The smallest absolute Gasteiger partial charge is 0.410 e. The van der Waals surface area contributed by atoms with Crippen molar-refractivity contribution in [3.8, 4) is 11.1 Å². The number of aryl methyl sites for hydroxylation is 1. The number of benzene rings is 1. The largest absolute Gasteiger partial charge is 0.444 e. The van der Waals surface area contributed by atoms with Crippen molar-refractivity contribution < 1.29 is 14.6 Å². The van der Waals surface area contributed by atoms with Gasteiger partial charge in [-0.3, -0.25) is 9.69 Å². The second-order valence-electron chi connectivity index (χ2n) is 7.84. The Morgan fingerprint density at radius 1 is 1.19 bits per heavy atom. The minimum atomic E-state index is -0.876. The highest BCUT2D eigenvalue weighted by Gasteiger charge is 2.37. The van der Waals surface area contributed by atoms with E-state index in [1.807, 2.05) is 37.3 Å². The molecule has 1 aromatic carbocycles. The normalized spacial score (nSPS) is 18.5. The van der Waals surface area contributed by atoms with Crippen LogP contribution in [0.4, 0.5) is 4.79 Å². The highest BCUT2D eigenvalue weighted by Crippen LogP contribution is 2.29. The van der Waals surface area contributed by atoms with Gasteiger partial charge in [0.05, 0.1) is 18.2 Å². The zero-order chi connectivity index (χ0) is 19.8. The Balaban J connectivity index is 1.74. The summed E-state index contributed by atoms with van der Waals surface area (Å²) in [6, 6.07) is 11.2. The Morgan fingerprint density at radius 2 is 1.85 bits per heavy atom. The van der Waals surface area contributed by atoms with E-state index in [1.54, 1.807) is 38.1 Å². The van der Waals surface area contributed by atoms with Crippen LogP contribution < -0.4 is 5.56 Å². The number of ether oxygens (including phenoxy) is 1. The van der Waals surface area contributed by atoms with Crippen LogP contribution in [-0.2, 0) is 11.8 Å². The van der Waals surface area contributed by atoms with E-state index in [2.05, 4.69) is 0 Å². The monoisotopic (exact) mass is 370 g/mol. The first-order valence-electron chi connectivity index (χ1n) is 9.11. The predicted octanol–water partition coefficient (Wildman–Crippen LogP) is 3.10. The van der Waals surface area contributed by atoms with Gasteiger partial charge in [0.15, 0.2) is 0 Å². The van der Waals surface area contributed by atoms with Crippen LogP contribution in [-0.4, -0.2) is 38.9 Å². The highest BCUT2D eigenvalue weighted by atomic mass is 16.6. The minimum Gasteiger partial charge on any atom is -0.444 e. The molecule has 3 rings (SSSR count). The van der Waals surface area contributed by atoms with Gasteiger partial charge in [0.1, 0.15) is 6.10 Å². The number of aliphatic hydroxyl groups is 1. The summed E-state index contributed by atoms with van der Waals surface area (Å²) in [6.45, 7) is 5.84. The third-order valence-electron chi connectivity index (χ3n) is 4.93. The second kappa shape index (κ2) is 7.19. The summed E-state index contributed by atoms with van der Waals surface area (Å²) in [6.07, 6.45) is 1.49. The quantitative estimate of drug-likeness (QED) is 0.878. The maximum Gasteiger partial charge on any atom is 0.410 e. The minimum absolute atomic E-state index is 0.0531. The summed E-state index contributed by atoms with van der Waals surface area (Å²) in [4.78, 5) is 25.7. The Morgan fingerprint density at radius 3 is 2.44 bits per heavy atom. The summed E-state index contributed by atoms with van der Waals surface area (Å²) < 4.78 is 6.93. The fraction of sp³-hybridized carbons (Fsp3) is 0.429. The maximum atomic E-state index is 12.2. The van der Waals surface area contributed by atoms with Gasteiger partial charge in [0.2, 0.25) is 0 Å². The van der Waals surface area contributed by atoms with E-state index in [9.17, 15) is 14.7 Å². The van der Waals surface area contributed by atoms with Crippen LogP contribution in [0.2, 0.25) is 0 Å².